The number of nitrogens with zero attached hydrogens (tertiary/aromatic N) is 2. The van der Waals surface area contributed by atoms with Crippen LogP contribution >= 0.6 is 15.9 Å². The van der Waals surface area contributed by atoms with Crippen LogP contribution in [0.3, 0.4) is 0 Å². The van der Waals surface area contributed by atoms with Gasteiger partial charge in [0.1, 0.15) is 0 Å². The molecule has 0 saturated heterocycles. The lowest BCUT2D eigenvalue weighted by Crippen LogP contribution is -2.56. The molecule has 0 unspecified atom stereocenters. The molecular weight excluding hydrogens is 413 g/mol. The Morgan fingerprint density at radius 1 is 1.23 bits per heavy atom. The standard InChI is InChI=1S/C18H14BrF3N2O2/c1-11-4-2-6-13(8-11)16(25)24-17(26,18(20,21)22)10-15(23-24)12-5-3-7-14(19)9-12/h2-9,26H,10H2,1H3/t17-/m1/s1. The van der Waals surface area contributed by atoms with Crippen molar-refractivity contribution in [2.24, 2.45) is 5.10 Å². The lowest BCUT2D eigenvalue weighted by atomic mass is 10.0. The first-order valence-electron chi connectivity index (χ1n) is 7.65. The summed E-state index contributed by atoms with van der Waals surface area (Å²) in [5.74, 6) is -1.02. The van der Waals surface area contributed by atoms with E-state index in [1.165, 1.54) is 12.1 Å². The maximum Gasteiger partial charge on any atom is 0.438 e. The number of aliphatic hydroxyl groups is 1. The van der Waals surface area contributed by atoms with Crippen molar-refractivity contribution in [3.05, 3.63) is 69.7 Å². The van der Waals surface area contributed by atoms with Crippen LogP contribution in [0.5, 0.6) is 0 Å². The van der Waals surface area contributed by atoms with Crippen LogP contribution in [0.25, 0.3) is 0 Å². The first-order chi connectivity index (χ1) is 12.1. The number of halogens is 4. The summed E-state index contributed by atoms with van der Waals surface area (Å²) in [6, 6.07) is 12.6. The average Bonchev–Trinajstić information content (AvgIpc) is 2.93. The van der Waals surface area contributed by atoms with Crippen LogP contribution in [-0.2, 0) is 0 Å². The van der Waals surface area contributed by atoms with E-state index < -0.39 is 24.2 Å². The topological polar surface area (TPSA) is 52.9 Å². The summed E-state index contributed by atoms with van der Waals surface area (Å²) in [7, 11) is 0. The van der Waals surface area contributed by atoms with E-state index in [0.29, 0.717) is 15.6 Å². The number of alkyl halides is 3. The van der Waals surface area contributed by atoms with Crippen LogP contribution in [-0.4, -0.2) is 33.6 Å². The fraction of sp³-hybridized carbons (Fsp3) is 0.222. The zero-order valence-corrected chi connectivity index (χ0v) is 15.2. The number of aryl methyl sites for hydroxylation is 1. The van der Waals surface area contributed by atoms with Gasteiger partial charge in [0.25, 0.3) is 11.6 Å². The fourth-order valence-corrected chi connectivity index (χ4v) is 3.11. The summed E-state index contributed by atoms with van der Waals surface area (Å²) >= 11 is 3.25. The van der Waals surface area contributed by atoms with Crippen molar-refractivity contribution < 1.29 is 23.1 Å². The van der Waals surface area contributed by atoms with Gasteiger partial charge in [-0.3, -0.25) is 4.79 Å². The molecule has 0 fully saturated rings. The Morgan fingerprint density at radius 2 is 1.92 bits per heavy atom. The molecule has 1 heterocycles. The first-order valence-corrected chi connectivity index (χ1v) is 8.45. The van der Waals surface area contributed by atoms with Crippen LogP contribution in [0.2, 0.25) is 0 Å². The van der Waals surface area contributed by atoms with E-state index >= 15 is 0 Å². The van der Waals surface area contributed by atoms with E-state index in [-0.39, 0.29) is 16.3 Å². The minimum atomic E-state index is -5.07. The number of carbonyl (C=O) groups is 1. The van der Waals surface area contributed by atoms with Crippen LogP contribution in [0.4, 0.5) is 13.2 Å². The molecule has 0 aromatic heterocycles. The van der Waals surface area contributed by atoms with Gasteiger partial charge in [0, 0.05) is 10.0 Å². The number of benzene rings is 2. The Bertz CT molecular complexity index is 898. The summed E-state index contributed by atoms with van der Waals surface area (Å²) in [6.45, 7) is 1.72. The van der Waals surface area contributed by atoms with Crippen molar-refractivity contribution in [3.63, 3.8) is 0 Å². The Kier molecular flexibility index (Phi) is 4.66. The zero-order valence-electron chi connectivity index (χ0n) is 13.6. The first kappa shape index (κ1) is 18.6. The Labute approximate surface area is 156 Å². The van der Waals surface area contributed by atoms with Crippen LogP contribution in [0.1, 0.15) is 27.9 Å². The van der Waals surface area contributed by atoms with Gasteiger partial charge >= 0.3 is 6.18 Å². The summed E-state index contributed by atoms with van der Waals surface area (Å²) in [4.78, 5) is 12.7. The van der Waals surface area contributed by atoms with Gasteiger partial charge in [-0.15, -0.1) is 0 Å². The monoisotopic (exact) mass is 426 g/mol. The molecule has 0 saturated carbocycles. The molecule has 1 aliphatic rings. The number of hydrogen-bond donors (Lipinski definition) is 1. The zero-order chi connectivity index (χ0) is 19.1. The second kappa shape index (κ2) is 6.51. The normalized spacial score (nSPS) is 20.2. The molecule has 0 radical (unpaired) electrons. The predicted molar refractivity (Wildman–Crippen MR) is 93.6 cm³/mol. The van der Waals surface area contributed by atoms with Gasteiger partial charge in [0.15, 0.2) is 0 Å². The summed E-state index contributed by atoms with van der Waals surface area (Å²) in [6.07, 6.45) is -5.91. The third kappa shape index (κ3) is 3.26. The highest BCUT2D eigenvalue weighted by Gasteiger charge is 2.63. The molecule has 136 valence electrons. The third-order valence-electron chi connectivity index (χ3n) is 4.05. The summed E-state index contributed by atoms with van der Waals surface area (Å²) in [5, 5.41) is 14.3. The van der Waals surface area contributed by atoms with Crippen molar-refractivity contribution in [2.45, 2.75) is 25.2 Å². The Balaban J connectivity index is 2.07. The summed E-state index contributed by atoms with van der Waals surface area (Å²) < 4.78 is 41.4. The lowest BCUT2D eigenvalue weighted by molar-refractivity contribution is -0.297. The highest BCUT2D eigenvalue weighted by Crippen LogP contribution is 2.42. The number of hydrogen-bond acceptors (Lipinski definition) is 3. The highest BCUT2D eigenvalue weighted by molar-refractivity contribution is 9.10. The number of rotatable bonds is 2. The van der Waals surface area contributed by atoms with Crippen molar-refractivity contribution in [1.82, 2.24) is 5.01 Å². The van der Waals surface area contributed by atoms with Gasteiger partial charge in [0.2, 0.25) is 0 Å². The molecule has 0 bridgehead atoms. The molecule has 1 N–H and O–H groups in total. The molecule has 0 spiro atoms. The van der Waals surface area contributed by atoms with Crippen molar-refractivity contribution in [1.29, 1.82) is 0 Å². The van der Waals surface area contributed by atoms with Crippen molar-refractivity contribution in [3.8, 4) is 0 Å². The second-order valence-corrected chi connectivity index (χ2v) is 6.95. The molecule has 3 rings (SSSR count). The largest absolute Gasteiger partial charge is 0.438 e. The van der Waals surface area contributed by atoms with Crippen molar-refractivity contribution in [2.75, 3.05) is 0 Å². The van der Waals surface area contributed by atoms with Gasteiger partial charge < -0.3 is 5.11 Å². The molecular formula is C18H14BrF3N2O2. The van der Waals surface area contributed by atoms with Crippen LogP contribution in [0, 0.1) is 6.92 Å². The maximum atomic E-state index is 13.6. The van der Waals surface area contributed by atoms with E-state index in [4.69, 9.17) is 0 Å². The van der Waals surface area contributed by atoms with E-state index in [0.717, 1.165) is 0 Å². The minimum absolute atomic E-state index is 0.0203. The number of amides is 1. The molecule has 4 nitrogen and oxygen atoms in total. The van der Waals surface area contributed by atoms with Gasteiger partial charge in [-0.25, -0.2) is 0 Å². The molecule has 26 heavy (non-hydrogen) atoms. The molecule has 1 atom stereocenters. The minimum Gasteiger partial charge on any atom is -0.362 e. The van der Waals surface area contributed by atoms with E-state index in [1.807, 2.05) is 0 Å². The van der Waals surface area contributed by atoms with Crippen LogP contribution < -0.4 is 0 Å². The second-order valence-electron chi connectivity index (χ2n) is 6.03. The average molecular weight is 427 g/mol. The molecule has 0 aliphatic carbocycles. The maximum absolute atomic E-state index is 13.6. The Morgan fingerprint density at radius 3 is 2.54 bits per heavy atom. The predicted octanol–water partition coefficient (Wildman–Crippen LogP) is 4.26. The Hall–Kier alpha value is -2.19. The molecule has 1 amide bonds. The van der Waals surface area contributed by atoms with Gasteiger partial charge in [-0.05, 0) is 36.8 Å². The smallest absolute Gasteiger partial charge is 0.362 e. The lowest BCUT2D eigenvalue weighted by Gasteiger charge is -2.32. The van der Waals surface area contributed by atoms with Gasteiger partial charge in [-0.1, -0.05) is 45.8 Å². The third-order valence-corrected chi connectivity index (χ3v) is 4.55. The van der Waals surface area contributed by atoms with E-state index in [2.05, 4.69) is 21.0 Å². The fourth-order valence-electron chi connectivity index (χ4n) is 2.71. The van der Waals surface area contributed by atoms with Gasteiger partial charge in [0.05, 0.1) is 12.1 Å². The quantitative estimate of drug-likeness (QED) is 0.779. The van der Waals surface area contributed by atoms with E-state index in [9.17, 15) is 23.1 Å². The van der Waals surface area contributed by atoms with Crippen LogP contribution in [0.15, 0.2) is 58.1 Å². The molecule has 8 heteroatoms. The highest BCUT2D eigenvalue weighted by atomic mass is 79.9. The SMILES string of the molecule is Cc1cccc(C(=O)N2N=C(c3cccc(Br)c3)C[C@@]2(O)C(F)(F)F)c1. The molecule has 2 aromatic rings. The van der Waals surface area contributed by atoms with Gasteiger partial charge in [-0.2, -0.15) is 23.3 Å². The molecule has 1 aliphatic heterocycles. The van der Waals surface area contributed by atoms with E-state index in [1.54, 1.807) is 43.3 Å². The number of carbonyl (C=O) groups excluding carboxylic acids is 1. The summed E-state index contributed by atoms with van der Waals surface area (Å²) in [5.41, 5.74) is -2.30. The number of hydrazone groups is 1. The van der Waals surface area contributed by atoms with Crippen molar-refractivity contribution >= 4 is 27.5 Å². The molecule has 2 aromatic carbocycles.